The van der Waals surface area contributed by atoms with Gasteiger partial charge in [0.25, 0.3) is 0 Å². The molecule has 5 nitrogen and oxygen atoms in total. The van der Waals surface area contributed by atoms with Gasteiger partial charge in [-0.15, -0.1) is 0 Å². The predicted octanol–water partition coefficient (Wildman–Crippen LogP) is 1.85. The Morgan fingerprint density at radius 1 is 1.16 bits per heavy atom. The highest BCUT2D eigenvalue weighted by Gasteiger charge is 2.20. The van der Waals surface area contributed by atoms with Crippen molar-refractivity contribution in [2.75, 3.05) is 46.8 Å². The number of halogens is 1. The van der Waals surface area contributed by atoms with E-state index >= 15 is 0 Å². The van der Waals surface area contributed by atoms with Crippen molar-refractivity contribution < 1.29 is 14.0 Å². The van der Waals surface area contributed by atoms with Crippen molar-refractivity contribution in [2.45, 2.75) is 13.3 Å². The maximum atomic E-state index is 13.8. The molecule has 0 aliphatic carbocycles. The Kier molecular flexibility index (Phi) is 6.70. The third-order valence-electron chi connectivity index (χ3n) is 4.40. The van der Waals surface area contributed by atoms with Gasteiger partial charge in [-0.3, -0.25) is 14.5 Å². The van der Waals surface area contributed by atoms with Crippen LogP contribution in [-0.2, 0) is 9.59 Å². The van der Waals surface area contributed by atoms with Gasteiger partial charge in [-0.1, -0.05) is 18.2 Å². The molecule has 0 aromatic heterocycles. The largest absolute Gasteiger partial charge is 0.348 e. The number of hydrogen-bond acceptors (Lipinski definition) is 3. The van der Waals surface area contributed by atoms with Gasteiger partial charge in [-0.25, -0.2) is 4.39 Å². The van der Waals surface area contributed by atoms with Gasteiger partial charge in [0.1, 0.15) is 5.82 Å². The monoisotopic (exact) mass is 347 g/mol. The molecule has 0 saturated carbocycles. The standard InChI is InChI=1S/C19H26FN3O2/c1-15(16-7-4-5-8-17(16)20)13-18(24)23-10-6-9-22(11-12-23)14-19(25)21(2)3/h4-5,7-8,13H,6,9-12,14H2,1-3H3/b15-13+. The van der Waals surface area contributed by atoms with Crippen LogP contribution < -0.4 is 0 Å². The molecule has 0 bridgehead atoms. The molecule has 25 heavy (non-hydrogen) atoms. The maximum absolute atomic E-state index is 13.8. The van der Waals surface area contributed by atoms with Gasteiger partial charge in [0, 0.05) is 51.9 Å². The molecule has 1 fully saturated rings. The molecule has 0 atom stereocenters. The van der Waals surface area contributed by atoms with Crippen molar-refractivity contribution in [3.05, 3.63) is 41.7 Å². The van der Waals surface area contributed by atoms with Crippen LogP contribution in [0.15, 0.2) is 30.3 Å². The normalized spacial score (nSPS) is 16.5. The Bertz CT molecular complexity index is 658. The summed E-state index contributed by atoms with van der Waals surface area (Å²) in [6.45, 7) is 4.79. The molecule has 1 aliphatic rings. The van der Waals surface area contributed by atoms with Crippen LogP contribution in [0.1, 0.15) is 18.9 Å². The summed E-state index contributed by atoms with van der Waals surface area (Å²) in [5.41, 5.74) is 1.07. The summed E-state index contributed by atoms with van der Waals surface area (Å²) in [6.07, 6.45) is 2.32. The summed E-state index contributed by atoms with van der Waals surface area (Å²) >= 11 is 0. The first-order valence-corrected chi connectivity index (χ1v) is 8.53. The van der Waals surface area contributed by atoms with Crippen molar-refractivity contribution >= 4 is 17.4 Å². The number of nitrogens with zero attached hydrogens (tertiary/aromatic N) is 3. The predicted molar refractivity (Wildman–Crippen MR) is 96.4 cm³/mol. The molecule has 136 valence electrons. The van der Waals surface area contributed by atoms with Crippen LogP contribution in [0.5, 0.6) is 0 Å². The van der Waals surface area contributed by atoms with E-state index in [9.17, 15) is 14.0 Å². The SMILES string of the molecule is C/C(=C\C(=O)N1CCCN(CC(=O)N(C)C)CC1)c1ccccc1F. The Morgan fingerprint density at radius 2 is 1.88 bits per heavy atom. The molecule has 2 amide bonds. The van der Waals surface area contributed by atoms with E-state index in [-0.39, 0.29) is 17.6 Å². The van der Waals surface area contributed by atoms with Gasteiger partial charge in [-0.05, 0) is 25.0 Å². The van der Waals surface area contributed by atoms with Gasteiger partial charge < -0.3 is 9.80 Å². The average molecular weight is 347 g/mol. The molecule has 2 rings (SSSR count). The minimum Gasteiger partial charge on any atom is -0.348 e. The first-order valence-electron chi connectivity index (χ1n) is 8.53. The first kappa shape index (κ1) is 19.1. The molecule has 0 radical (unpaired) electrons. The Balaban J connectivity index is 1.98. The summed E-state index contributed by atoms with van der Waals surface area (Å²) in [5.74, 6) is -0.370. The molecule has 6 heteroatoms. The highest BCUT2D eigenvalue weighted by molar-refractivity contribution is 5.95. The smallest absolute Gasteiger partial charge is 0.246 e. The second-order valence-electron chi connectivity index (χ2n) is 6.55. The molecule has 0 spiro atoms. The van der Waals surface area contributed by atoms with Gasteiger partial charge in [-0.2, -0.15) is 0 Å². The zero-order valence-electron chi connectivity index (χ0n) is 15.2. The number of carbonyl (C=O) groups is 2. The lowest BCUT2D eigenvalue weighted by atomic mass is 10.1. The second-order valence-corrected chi connectivity index (χ2v) is 6.55. The quantitative estimate of drug-likeness (QED) is 0.781. The van der Waals surface area contributed by atoms with Crippen molar-refractivity contribution in [3.8, 4) is 0 Å². The van der Waals surface area contributed by atoms with Gasteiger partial charge in [0.2, 0.25) is 11.8 Å². The van der Waals surface area contributed by atoms with Crippen molar-refractivity contribution in [1.29, 1.82) is 0 Å². The zero-order chi connectivity index (χ0) is 18.4. The van der Waals surface area contributed by atoms with E-state index in [0.717, 1.165) is 13.0 Å². The fourth-order valence-corrected chi connectivity index (χ4v) is 2.82. The molecular weight excluding hydrogens is 321 g/mol. The van der Waals surface area contributed by atoms with E-state index in [1.165, 1.54) is 12.1 Å². The van der Waals surface area contributed by atoms with Crippen molar-refractivity contribution in [3.63, 3.8) is 0 Å². The number of hydrogen-bond donors (Lipinski definition) is 0. The Hall–Kier alpha value is -2.21. The van der Waals surface area contributed by atoms with Crippen molar-refractivity contribution in [1.82, 2.24) is 14.7 Å². The maximum Gasteiger partial charge on any atom is 0.246 e. The van der Waals surface area contributed by atoms with Crippen LogP contribution in [0.3, 0.4) is 0 Å². The van der Waals surface area contributed by atoms with E-state index in [4.69, 9.17) is 0 Å². The van der Waals surface area contributed by atoms with E-state index in [1.807, 2.05) is 0 Å². The molecule has 0 N–H and O–H groups in total. The molecule has 1 heterocycles. The number of amides is 2. The van der Waals surface area contributed by atoms with Gasteiger partial charge in [0.05, 0.1) is 6.54 Å². The van der Waals surface area contributed by atoms with Crippen LogP contribution in [0.2, 0.25) is 0 Å². The number of rotatable bonds is 4. The minimum atomic E-state index is -0.326. The van der Waals surface area contributed by atoms with E-state index in [0.29, 0.717) is 37.3 Å². The summed E-state index contributed by atoms with van der Waals surface area (Å²) < 4.78 is 13.8. The van der Waals surface area contributed by atoms with Gasteiger partial charge in [0.15, 0.2) is 0 Å². The molecule has 1 aromatic carbocycles. The number of carbonyl (C=O) groups excluding carboxylic acids is 2. The summed E-state index contributed by atoms with van der Waals surface area (Å²) in [7, 11) is 3.48. The van der Waals surface area contributed by atoms with Crippen LogP contribution in [-0.4, -0.2) is 73.3 Å². The summed E-state index contributed by atoms with van der Waals surface area (Å²) in [5, 5.41) is 0. The minimum absolute atomic E-state index is 0.0649. The second kappa shape index (κ2) is 8.76. The van der Waals surface area contributed by atoms with E-state index in [1.54, 1.807) is 49.0 Å². The fraction of sp³-hybridized carbons (Fsp3) is 0.474. The van der Waals surface area contributed by atoms with Gasteiger partial charge >= 0.3 is 0 Å². The molecule has 0 unspecified atom stereocenters. The van der Waals surface area contributed by atoms with Crippen LogP contribution >= 0.6 is 0 Å². The lowest BCUT2D eigenvalue weighted by Gasteiger charge is -2.22. The lowest BCUT2D eigenvalue weighted by Crippen LogP contribution is -2.39. The van der Waals surface area contributed by atoms with E-state index in [2.05, 4.69) is 4.90 Å². The fourth-order valence-electron chi connectivity index (χ4n) is 2.82. The summed E-state index contributed by atoms with van der Waals surface area (Å²) in [4.78, 5) is 29.8. The van der Waals surface area contributed by atoms with Crippen LogP contribution in [0.4, 0.5) is 4.39 Å². The lowest BCUT2D eigenvalue weighted by molar-refractivity contribution is -0.129. The molecular formula is C19H26FN3O2. The third kappa shape index (κ3) is 5.39. The number of benzene rings is 1. The summed E-state index contributed by atoms with van der Waals surface area (Å²) in [6, 6.07) is 6.45. The highest BCUT2D eigenvalue weighted by Crippen LogP contribution is 2.18. The van der Waals surface area contributed by atoms with Crippen LogP contribution in [0, 0.1) is 5.82 Å². The van der Waals surface area contributed by atoms with E-state index < -0.39 is 0 Å². The average Bonchev–Trinajstić information content (AvgIpc) is 2.80. The van der Waals surface area contributed by atoms with Crippen molar-refractivity contribution in [2.24, 2.45) is 0 Å². The molecule has 1 saturated heterocycles. The highest BCUT2D eigenvalue weighted by atomic mass is 19.1. The third-order valence-corrected chi connectivity index (χ3v) is 4.40. The zero-order valence-corrected chi connectivity index (χ0v) is 15.2. The number of allylic oxidation sites excluding steroid dienone is 1. The molecule has 1 aliphatic heterocycles. The number of likely N-dealkylation sites (N-methyl/N-ethyl adjacent to an activating group) is 1. The topological polar surface area (TPSA) is 43.9 Å². The molecule has 1 aromatic rings. The first-order chi connectivity index (χ1) is 11.9. The Morgan fingerprint density at radius 3 is 2.56 bits per heavy atom. The van der Waals surface area contributed by atoms with Crippen LogP contribution in [0.25, 0.3) is 5.57 Å². The Labute approximate surface area is 148 Å².